The predicted octanol–water partition coefficient (Wildman–Crippen LogP) is 1.17. The summed E-state index contributed by atoms with van der Waals surface area (Å²) >= 11 is 0. The fourth-order valence-electron chi connectivity index (χ4n) is 4.09. The van der Waals surface area contributed by atoms with E-state index in [1.165, 1.54) is 0 Å². The van der Waals surface area contributed by atoms with Gasteiger partial charge in [-0.3, -0.25) is 0 Å². The Labute approximate surface area is 151 Å². The Morgan fingerprint density at radius 1 is 1.46 bits per heavy atom. The van der Waals surface area contributed by atoms with Crippen LogP contribution in [0.15, 0.2) is 36.0 Å². The molecule has 2 bridgehead atoms. The van der Waals surface area contributed by atoms with Crippen molar-refractivity contribution in [2.75, 3.05) is 6.61 Å². The van der Waals surface area contributed by atoms with Crippen LogP contribution in [-0.2, 0) is 28.5 Å². The molecule has 0 amide bonds. The van der Waals surface area contributed by atoms with Gasteiger partial charge in [-0.1, -0.05) is 13.2 Å². The molecule has 3 fully saturated rings. The molecule has 7 nitrogen and oxygen atoms in total. The third-order valence-electron chi connectivity index (χ3n) is 5.61. The molecule has 4 heterocycles. The van der Waals surface area contributed by atoms with Crippen molar-refractivity contribution in [1.29, 1.82) is 0 Å². The van der Waals surface area contributed by atoms with Crippen LogP contribution in [0, 0.1) is 5.92 Å². The van der Waals surface area contributed by atoms with Gasteiger partial charge in [0.05, 0.1) is 18.6 Å². The number of hydrogen-bond acceptors (Lipinski definition) is 7. The Kier molecular flexibility index (Phi) is 4.06. The van der Waals surface area contributed by atoms with Crippen LogP contribution in [-0.4, -0.2) is 53.9 Å². The molecule has 5 aliphatic rings. The van der Waals surface area contributed by atoms with Crippen molar-refractivity contribution in [3.05, 3.63) is 36.0 Å². The summed E-state index contributed by atoms with van der Waals surface area (Å²) in [7, 11) is 0. The van der Waals surface area contributed by atoms with Crippen molar-refractivity contribution in [3.63, 3.8) is 0 Å². The van der Waals surface area contributed by atoms with Crippen LogP contribution in [0.4, 0.5) is 0 Å². The van der Waals surface area contributed by atoms with Crippen LogP contribution in [0.3, 0.4) is 0 Å². The molecule has 0 unspecified atom stereocenters. The van der Waals surface area contributed by atoms with Crippen molar-refractivity contribution >= 4 is 11.9 Å². The van der Waals surface area contributed by atoms with Gasteiger partial charge in [-0.2, -0.15) is 0 Å². The SMILES string of the molecule is C=C(C)C(=O)O[C@H]1C[C@@]23O[C@@H]2CC/C(=C\[C@H]2OC(=O)C(=C)[C@H]12)CO[C@@H]3O. The number of hydrogen-bond donors (Lipinski definition) is 1. The highest BCUT2D eigenvalue weighted by Gasteiger charge is 2.65. The number of aliphatic hydroxyl groups is 1. The van der Waals surface area contributed by atoms with Crippen molar-refractivity contribution in [3.8, 4) is 0 Å². The van der Waals surface area contributed by atoms with Crippen molar-refractivity contribution in [1.82, 2.24) is 0 Å². The van der Waals surface area contributed by atoms with E-state index in [1.807, 2.05) is 6.08 Å². The fourth-order valence-corrected chi connectivity index (χ4v) is 4.09. The zero-order chi connectivity index (χ0) is 18.6. The van der Waals surface area contributed by atoms with Crippen LogP contribution in [0.25, 0.3) is 0 Å². The number of aliphatic hydroxyl groups excluding tert-OH is 1. The van der Waals surface area contributed by atoms with Crippen LogP contribution >= 0.6 is 0 Å². The van der Waals surface area contributed by atoms with E-state index in [-0.39, 0.29) is 30.3 Å². The monoisotopic (exact) mass is 362 g/mol. The predicted molar refractivity (Wildman–Crippen MR) is 88.7 cm³/mol. The van der Waals surface area contributed by atoms with E-state index in [0.717, 1.165) is 18.4 Å². The minimum Gasteiger partial charge on any atom is -0.458 e. The summed E-state index contributed by atoms with van der Waals surface area (Å²) in [5.41, 5.74) is 0.475. The fraction of sp³-hybridized carbons (Fsp3) is 0.579. The molecule has 5 rings (SSSR count). The molecule has 0 aromatic heterocycles. The zero-order valence-corrected chi connectivity index (χ0v) is 14.6. The second-order valence-electron chi connectivity index (χ2n) is 7.44. The summed E-state index contributed by atoms with van der Waals surface area (Å²) in [5.74, 6) is -1.61. The molecule has 0 aromatic rings. The third-order valence-corrected chi connectivity index (χ3v) is 5.61. The molecule has 0 saturated carbocycles. The Morgan fingerprint density at radius 3 is 2.96 bits per heavy atom. The molecule has 1 spiro atoms. The number of rotatable bonds is 2. The molecular formula is C19H22O7. The van der Waals surface area contributed by atoms with Gasteiger partial charge in [-0.25, -0.2) is 9.59 Å². The van der Waals surface area contributed by atoms with Gasteiger partial charge in [0, 0.05) is 17.6 Å². The van der Waals surface area contributed by atoms with Gasteiger partial charge in [-0.05, 0) is 31.4 Å². The van der Waals surface area contributed by atoms with E-state index >= 15 is 0 Å². The summed E-state index contributed by atoms with van der Waals surface area (Å²) in [4.78, 5) is 24.3. The maximum absolute atomic E-state index is 12.2. The molecule has 0 aromatic carbocycles. The summed E-state index contributed by atoms with van der Waals surface area (Å²) in [5, 5.41) is 10.5. The Hall–Kier alpha value is -1.96. The Morgan fingerprint density at radius 2 is 2.23 bits per heavy atom. The molecule has 7 heteroatoms. The minimum atomic E-state index is -1.13. The Bertz CT molecular complexity index is 723. The van der Waals surface area contributed by atoms with Gasteiger partial charge in [0.2, 0.25) is 0 Å². The first-order valence-electron chi connectivity index (χ1n) is 8.75. The molecule has 4 aliphatic heterocycles. The van der Waals surface area contributed by atoms with E-state index in [0.29, 0.717) is 0 Å². The smallest absolute Gasteiger partial charge is 0.334 e. The average Bonchev–Trinajstić information content (AvgIpc) is 3.20. The lowest BCUT2D eigenvalue weighted by molar-refractivity contribution is -0.163. The second-order valence-corrected chi connectivity index (χ2v) is 7.44. The second kappa shape index (κ2) is 6.04. The van der Waals surface area contributed by atoms with Crippen molar-refractivity contribution in [2.45, 2.75) is 56.4 Å². The summed E-state index contributed by atoms with van der Waals surface area (Å²) in [6.07, 6.45) is 0.815. The van der Waals surface area contributed by atoms with Crippen LogP contribution in [0.2, 0.25) is 0 Å². The molecule has 0 radical (unpaired) electrons. The van der Waals surface area contributed by atoms with Gasteiger partial charge >= 0.3 is 11.9 Å². The lowest BCUT2D eigenvalue weighted by atomic mass is 9.81. The number of esters is 2. The number of epoxide rings is 1. The van der Waals surface area contributed by atoms with Crippen LogP contribution in [0.1, 0.15) is 26.2 Å². The highest BCUT2D eigenvalue weighted by molar-refractivity contribution is 5.91. The molecule has 1 aliphatic carbocycles. The maximum atomic E-state index is 12.2. The molecular weight excluding hydrogens is 340 g/mol. The van der Waals surface area contributed by atoms with E-state index in [9.17, 15) is 14.7 Å². The quantitative estimate of drug-likeness (QED) is 0.341. The molecule has 140 valence electrons. The number of ether oxygens (including phenoxy) is 4. The average molecular weight is 362 g/mol. The third kappa shape index (κ3) is 2.71. The van der Waals surface area contributed by atoms with Crippen molar-refractivity contribution < 1.29 is 33.6 Å². The van der Waals surface area contributed by atoms with E-state index in [2.05, 4.69) is 13.2 Å². The highest BCUT2D eigenvalue weighted by Crippen LogP contribution is 2.51. The van der Waals surface area contributed by atoms with Gasteiger partial charge < -0.3 is 24.1 Å². The normalized spacial score (nSPS) is 43.3. The molecule has 6 atom stereocenters. The lowest BCUT2D eigenvalue weighted by Gasteiger charge is -2.33. The minimum absolute atomic E-state index is 0.185. The van der Waals surface area contributed by atoms with E-state index in [1.54, 1.807) is 6.92 Å². The summed E-state index contributed by atoms with van der Waals surface area (Å²) in [6, 6.07) is 0. The number of fused-ring (bicyclic) bond motifs is 4. The summed E-state index contributed by atoms with van der Waals surface area (Å²) in [6.45, 7) is 9.24. The standard InChI is InChI=1S/C19H22O7/c1-9(2)16(20)25-13-7-19-14(26-19)5-4-11(8-23-18(19)22)6-12-15(13)10(3)17(21)24-12/h6,12-15,18,22H,1,3-5,7-8H2,2H3/b11-6+/t12-,13+,14-,15+,18+,19-/m1/s1. The number of carbonyl (C=O) groups is 2. The highest BCUT2D eigenvalue weighted by atomic mass is 16.7. The van der Waals surface area contributed by atoms with Gasteiger partial charge in [0.1, 0.15) is 17.8 Å². The first kappa shape index (κ1) is 17.5. The lowest BCUT2D eigenvalue weighted by Crippen LogP contribution is -2.45. The molecule has 3 saturated heterocycles. The first-order chi connectivity index (χ1) is 12.3. The molecule has 26 heavy (non-hydrogen) atoms. The van der Waals surface area contributed by atoms with E-state index < -0.39 is 42.0 Å². The van der Waals surface area contributed by atoms with Crippen LogP contribution < -0.4 is 0 Å². The number of carbonyl (C=O) groups excluding carboxylic acids is 2. The Balaban J connectivity index is 1.76. The van der Waals surface area contributed by atoms with Gasteiger partial charge in [0.15, 0.2) is 6.29 Å². The largest absolute Gasteiger partial charge is 0.458 e. The van der Waals surface area contributed by atoms with Gasteiger partial charge in [0.25, 0.3) is 0 Å². The van der Waals surface area contributed by atoms with Crippen LogP contribution in [0.5, 0.6) is 0 Å². The van der Waals surface area contributed by atoms with Crippen molar-refractivity contribution in [2.24, 2.45) is 5.92 Å². The van der Waals surface area contributed by atoms with Gasteiger partial charge in [-0.15, -0.1) is 0 Å². The maximum Gasteiger partial charge on any atom is 0.334 e. The molecule has 1 N–H and O–H groups in total. The summed E-state index contributed by atoms with van der Waals surface area (Å²) < 4.78 is 22.5. The van der Waals surface area contributed by atoms with E-state index in [4.69, 9.17) is 18.9 Å². The topological polar surface area (TPSA) is 94.6 Å². The zero-order valence-electron chi connectivity index (χ0n) is 14.6. The first-order valence-corrected chi connectivity index (χ1v) is 8.75.